The zero-order valence-corrected chi connectivity index (χ0v) is 19.3. The highest BCUT2D eigenvalue weighted by molar-refractivity contribution is 7.99. The van der Waals surface area contributed by atoms with Crippen molar-refractivity contribution >= 4 is 23.4 Å². The first-order valence-electron chi connectivity index (χ1n) is 10.1. The summed E-state index contributed by atoms with van der Waals surface area (Å²) in [6, 6.07) is 14.2. The third-order valence-corrected chi connectivity index (χ3v) is 5.74. The van der Waals surface area contributed by atoms with Crippen LogP contribution in [0.3, 0.4) is 0 Å². The van der Waals surface area contributed by atoms with Gasteiger partial charge in [0, 0.05) is 11.3 Å². The van der Waals surface area contributed by atoms with Crippen LogP contribution in [0.15, 0.2) is 52.1 Å². The molecular weight excluding hydrogens is 394 g/mol. The second-order valence-corrected chi connectivity index (χ2v) is 9.66. The molecule has 6 heteroatoms. The minimum atomic E-state index is -0.0921. The number of nitrogens with one attached hydrogen (secondary N) is 1. The van der Waals surface area contributed by atoms with Crippen LogP contribution in [0, 0.1) is 6.92 Å². The van der Waals surface area contributed by atoms with E-state index in [1.165, 1.54) is 17.3 Å². The molecule has 0 aliphatic carbocycles. The highest BCUT2D eigenvalue weighted by Crippen LogP contribution is 2.29. The molecule has 0 fully saturated rings. The zero-order valence-electron chi connectivity index (χ0n) is 18.4. The minimum absolute atomic E-state index is 0.0916. The Balaban J connectivity index is 1.63. The minimum Gasteiger partial charge on any atom is -0.411 e. The summed E-state index contributed by atoms with van der Waals surface area (Å²) in [5.74, 6) is 0.900. The monoisotopic (exact) mass is 423 g/mol. The molecule has 0 unspecified atom stereocenters. The first-order valence-corrected chi connectivity index (χ1v) is 11.1. The first-order chi connectivity index (χ1) is 14.1. The number of hydrogen-bond donors (Lipinski definition) is 1. The third kappa shape index (κ3) is 5.30. The summed E-state index contributed by atoms with van der Waals surface area (Å²) in [6.45, 7) is 12.8. The van der Waals surface area contributed by atoms with Crippen molar-refractivity contribution in [2.45, 2.75) is 58.1 Å². The number of rotatable bonds is 6. The fourth-order valence-electron chi connectivity index (χ4n) is 3.14. The molecule has 1 aromatic heterocycles. The maximum Gasteiger partial charge on any atom is 0.277 e. The van der Waals surface area contributed by atoms with Crippen LogP contribution in [0.25, 0.3) is 11.5 Å². The van der Waals surface area contributed by atoms with Crippen LogP contribution in [0.4, 0.5) is 5.69 Å². The van der Waals surface area contributed by atoms with Crippen molar-refractivity contribution in [2.75, 3.05) is 11.1 Å². The lowest BCUT2D eigenvalue weighted by atomic mass is 9.87. The van der Waals surface area contributed by atoms with Crippen molar-refractivity contribution in [1.82, 2.24) is 10.2 Å². The van der Waals surface area contributed by atoms with E-state index in [0.29, 0.717) is 17.0 Å². The zero-order chi connectivity index (χ0) is 21.9. The number of anilines is 1. The fourth-order valence-corrected chi connectivity index (χ4v) is 3.71. The van der Waals surface area contributed by atoms with E-state index in [1.807, 2.05) is 31.2 Å². The highest BCUT2D eigenvalue weighted by atomic mass is 32.2. The summed E-state index contributed by atoms with van der Waals surface area (Å²) >= 11 is 1.24. The molecule has 2 aromatic carbocycles. The van der Waals surface area contributed by atoms with E-state index in [1.54, 1.807) is 0 Å². The smallest absolute Gasteiger partial charge is 0.277 e. The maximum absolute atomic E-state index is 12.5. The molecule has 30 heavy (non-hydrogen) atoms. The predicted molar refractivity (Wildman–Crippen MR) is 123 cm³/mol. The standard InChI is InChI=1S/C24H29N3O2S/c1-15(2)19-9-7-8-16(3)21(19)25-20(28)14-30-23-27-26-22(29-23)17-10-12-18(13-11-17)24(4,5)6/h7-13,15H,14H2,1-6H3,(H,25,28). The second kappa shape index (κ2) is 9.04. The van der Waals surface area contributed by atoms with E-state index in [9.17, 15) is 4.79 Å². The Labute approximate surface area is 182 Å². The molecule has 0 saturated carbocycles. The van der Waals surface area contributed by atoms with Gasteiger partial charge in [0.1, 0.15) is 0 Å². The normalized spacial score (nSPS) is 11.7. The topological polar surface area (TPSA) is 68.0 Å². The van der Waals surface area contributed by atoms with E-state index in [4.69, 9.17) is 4.42 Å². The quantitative estimate of drug-likeness (QED) is 0.478. The molecule has 0 radical (unpaired) electrons. The number of nitrogens with zero attached hydrogens (tertiary/aromatic N) is 2. The molecule has 0 atom stereocenters. The van der Waals surface area contributed by atoms with Crippen LogP contribution >= 0.6 is 11.8 Å². The summed E-state index contributed by atoms with van der Waals surface area (Å²) in [7, 11) is 0. The van der Waals surface area contributed by atoms with Gasteiger partial charge in [-0.25, -0.2) is 0 Å². The van der Waals surface area contributed by atoms with Gasteiger partial charge in [-0.2, -0.15) is 0 Å². The fraction of sp³-hybridized carbons (Fsp3) is 0.375. The Morgan fingerprint density at radius 2 is 1.80 bits per heavy atom. The van der Waals surface area contributed by atoms with Crippen molar-refractivity contribution < 1.29 is 9.21 Å². The molecule has 0 bridgehead atoms. The van der Waals surface area contributed by atoms with Gasteiger partial charge in [-0.3, -0.25) is 4.79 Å². The number of aryl methyl sites for hydroxylation is 1. The molecule has 158 valence electrons. The maximum atomic E-state index is 12.5. The first kappa shape index (κ1) is 22.1. The van der Waals surface area contributed by atoms with Crippen molar-refractivity contribution in [2.24, 2.45) is 0 Å². The third-order valence-electron chi connectivity index (χ3n) is 4.92. The van der Waals surface area contributed by atoms with Crippen LogP contribution < -0.4 is 5.32 Å². The lowest BCUT2D eigenvalue weighted by molar-refractivity contribution is -0.113. The largest absolute Gasteiger partial charge is 0.411 e. The van der Waals surface area contributed by atoms with Gasteiger partial charge in [-0.05, 0) is 47.1 Å². The van der Waals surface area contributed by atoms with Crippen LogP contribution in [0.5, 0.6) is 0 Å². The van der Waals surface area contributed by atoms with Gasteiger partial charge in [0.2, 0.25) is 11.8 Å². The van der Waals surface area contributed by atoms with E-state index in [0.717, 1.165) is 22.4 Å². The van der Waals surface area contributed by atoms with Gasteiger partial charge >= 0.3 is 0 Å². The number of aromatic nitrogens is 2. The Hall–Kier alpha value is -2.60. The number of thioether (sulfide) groups is 1. The van der Waals surface area contributed by atoms with Gasteiger partial charge in [0.15, 0.2) is 0 Å². The van der Waals surface area contributed by atoms with Gasteiger partial charge in [-0.1, -0.05) is 76.7 Å². The number of para-hydroxylation sites is 1. The van der Waals surface area contributed by atoms with Gasteiger partial charge in [-0.15, -0.1) is 10.2 Å². The van der Waals surface area contributed by atoms with E-state index >= 15 is 0 Å². The number of amides is 1. The summed E-state index contributed by atoms with van der Waals surface area (Å²) in [5.41, 5.74) is 5.28. The summed E-state index contributed by atoms with van der Waals surface area (Å²) in [6.07, 6.45) is 0. The summed E-state index contributed by atoms with van der Waals surface area (Å²) < 4.78 is 5.74. The van der Waals surface area contributed by atoms with Crippen molar-refractivity contribution in [3.8, 4) is 11.5 Å². The Kier molecular flexibility index (Phi) is 6.66. The highest BCUT2D eigenvalue weighted by Gasteiger charge is 2.16. The SMILES string of the molecule is Cc1cccc(C(C)C)c1NC(=O)CSc1nnc(-c2ccc(C(C)(C)C)cc2)o1. The van der Waals surface area contributed by atoms with Crippen molar-refractivity contribution in [1.29, 1.82) is 0 Å². The number of carbonyl (C=O) groups is 1. The number of benzene rings is 2. The van der Waals surface area contributed by atoms with Gasteiger partial charge in [0.25, 0.3) is 5.22 Å². The Morgan fingerprint density at radius 3 is 2.43 bits per heavy atom. The van der Waals surface area contributed by atoms with Crippen molar-refractivity contribution in [3.63, 3.8) is 0 Å². The summed E-state index contributed by atoms with van der Waals surface area (Å²) in [4.78, 5) is 12.5. The molecule has 1 amide bonds. The van der Waals surface area contributed by atoms with Crippen LogP contribution in [0.1, 0.15) is 57.2 Å². The predicted octanol–water partition coefficient (Wildman–Crippen LogP) is 6.20. The number of carbonyl (C=O) groups excluding carboxylic acids is 1. The van der Waals surface area contributed by atoms with Gasteiger partial charge in [0.05, 0.1) is 5.75 Å². The van der Waals surface area contributed by atoms with Crippen LogP contribution in [-0.2, 0) is 10.2 Å². The summed E-state index contributed by atoms with van der Waals surface area (Å²) in [5, 5.41) is 11.6. The van der Waals surface area contributed by atoms with E-state index < -0.39 is 0 Å². The van der Waals surface area contributed by atoms with E-state index in [2.05, 4.69) is 68.3 Å². The molecule has 0 saturated heterocycles. The molecule has 1 N–H and O–H groups in total. The molecule has 0 aliphatic rings. The molecule has 5 nitrogen and oxygen atoms in total. The Morgan fingerprint density at radius 1 is 1.10 bits per heavy atom. The number of hydrogen-bond acceptors (Lipinski definition) is 5. The van der Waals surface area contributed by atoms with E-state index in [-0.39, 0.29) is 17.1 Å². The Bertz CT molecular complexity index is 1020. The van der Waals surface area contributed by atoms with Crippen LogP contribution in [-0.4, -0.2) is 21.9 Å². The molecule has 3 aromatic rings. The van der Waals surface area contributed by atoms with Gasteiger partial charge < -0.3 is 9.73 Å². The average molecular weight is 424 g/mol. The molecular formula is C24H29N3O2S. The molecule has 0 spiro atoms. The molecule has 1 heterocycles. The van der Waals surface area contributed by atoms with Crippen LogP contribution in [0.2, 0.25) is 0 Å². The second-order valence-electron chi connectivity index (χ2n) is 8.73. The average Bonchev–Trinajstić information content (AvgIpc) is 3.16. The molecule has 0 aliphatic heterocycles. The molecule has 3 rings (SSSR count). The lowest BCUT2D eigenvalue weighted by Gasteiger charge is -2.18. The van der Waals surface area contributed by atoms with Crippen molar-refractivity contribution in [3.05, 3.63) is 59.2 Å². The lowest BCUT2D eigenvalue weighted by Crippen LogP contribution is -2.16.